The number of carbonyl (C=O) groups is 2. The second-order valence-corrected chi connectivity index (χ2v) is 9.81. The molecule has 0 bridgehead atoms. The first kappa shape index (κ1) is 23.7. The van der Waals surface area contributed by atoms with Crippen molar-refractivity contribution in [3.8, 4) is 0 Å². The number of ketones is 1. The summed E-state index contributed by atoms with van der Waals surface area (Å²) in [6.07, 6.45) is -3.64. The number of benzene rings is 2. The van der Waals surface area contributed by atoms with Crippen molar-refractivity contribution in [2.75, 3.05) is 23.2 Å². The molecule has 1 aromatic heterocycles. The first-order valence-electron chi connectivity index (χ1n) is 10.3. The van der Waals surface area contributed by atoms with Crippen LogP contribution in [0.25, 0.3) is 10.9 Å². The SMILES string of the molecule is CCS(=O)(=O)N1CCc2cc(C(=O)COC(=O)c3cnc4ccccc4c3C(F)(F)F)ccc21. The van der Waals surface area contributed by atoms with Gasteiger partial charge in [-0.05, 0) is 43.2 Å². The van der Waals surface area contributed by atoms with Crippen LogP contribution in [0.4, 0.5) is 18.9 Å². The molecule has 0 radical (unpaired) electrons. The van der Waals surface area contributed by atoms with E-state index in [1.54, 1.807) is 0 Å². The largest absolute Gasteiger partial charge is 0.454 e. The molecule has 0 saturated heterocycles. The molecule has 2 heterocycles. The minimum absolute atomic E-state index is 0.0629. The van der Waals surface area contributed by atoms with Gasteiger partial charge >= 0.3 is 12.1 Å². The standard InChI is InChI=1S/C23H19F3N2O5S/c1-2-34(31,32)28-10-9-14-11-15(7-8-19(14)28)20(29)13-33-22(30)17-12-27-18-6-4-3-5-16(18)21(17)23(24,25)26/h3-8,11-12H,2,9-10,13H2,1H3. The summed E-state index contributed by atoms with van der Waals surface area (Å²) in [6, 6.07) is 9.94. The second-order valence-electron chi connectivity index (χ2n) is 7.63. The quantitative estimate of drug-likeness (QED) is 0.381. The zero-order chi connectivity index (χ0) is 24.7. The Kier molecular flexibility index (Phi) is 6.07. The molecule has 1 aliphatic heterocycles. The molecule has 34 heavy (non-hydrogen) atoms. The van der Waals surface area contributed by atoms with Crippen molar-refractivity contribution in [2.45, 2.75) is 19.5 Å². The Morgan fingerprint density at radius 3 is 2.59 bits per heavy atom. The highest BCUT2D eigenvalue weighted by atomic mass is 32.2. The molecule has 0 unspecified atom stereocenters. The molecule has 0 spiro atoms. The lowest BCUT2D eigenvalue weighted by atomic mass is 10.0. The van der Waals surface area contributed by atoms with Crippen LogP contribution in [0.3, 0.4) is 0 Å². The average molecular weight is 492 g/mol. The van der Waals surface area contributed by atoms with Crippen LogP contribution < -0.4 is 4.31 Å². The zero-order valence-electron chi connectivity index (χ0n) is 17.9. The van der Waals surface area contributed by atoms with Crippen molar-refractivity contribution in [1.82, 2.24) is 4.98 Å². The molecular weight excluding hydrogens is 473 g/mol. The average Bonchev–Trinajstić information content (AvgIpc) is 3.25. The van der Waals surface area contributed by atoms with E-state index in [4.69, 9.17) is 4.74 Å². The third kappa shape index (κ3) is 4.35. The zero-order valence-corrected chi connectivity index (χ0v) is 18.7. The van der Waals surface area contributed by atoms with E-state index >= 15 is 0 Å². The maximum Gasteiger partial charge on any atom is 0.417 e. The molecule has 7 nitrogen and oxygen atoms in total. The van der Waals surface area contributed by atoms with Crippen molar-refractivity contribution in [2.24, 2.45) is 0 Å². The van der Waals surface area contributed by atoms with Gasteiger partial charge in [-0.25, -0.2) is 13.2 Å². The Morgan fingerprint density at radius 2 is 1.88 bits per heavy atom. The van der Waals surface area contributed by atoms with Crippen LogP contribution in [0.5, 0.6) is 0 Å². The number of nitrogens with zero attached hydrogens (tertiary/aromatic N) is 2. The van der Waals surface area contributed by atoms with Crippen LogP contribution in [-0.2, 0) is 27.4 Å². The summed E-state index contributed by atoms with van der Waals surface area (Å²) in [7, 11) is -3.45. The number of sulfonamides is 1. The summed E-state index contributed by atoms with van der Waals surface area (Å²) < 4.78 is 71.7. The number of rotatable bonds is 6. The molecule has 4 rings (SSSR count). The summed E-state index contributed by atoms with van der Waals surface area (Å²) in [5.41, 5.74) is -0.604. The maximum atomic E-state index is 13.7. The van der Waals surface area contributed by atoms with Gasteiger partial charge < -0.3 is 4.74 Å². The normalized spacial score (nSPS) is 13.7. The fourth-order valence-electron chi connectivity index (χ4n) is 3.88. The van der Waals surface area contributed by atoms with Gasteiger partial charge in [0.25, 0.3) is 0 Å². The Labute approximate surface area is 193 Å². The Hall–Kier alpha value is -3.47. The first-order valence-corrected chi connectivity index (χ1v) is 11.9. The van der Waals surface area contributed by atoms with Crippen LogP contribution in [0.2, 0.25) is 0 Å². The van der Waals surface area contributed by atoms with E-state index in [-0.39, 0.29) is 28.8 Å². The van der Waals surface area contributed by atoms with Crippen LogP contribution in [0.1, 0.15) is 38.8 Å². The smallest absolute Gasteiger partial charge is 0.417 e. The van der Waals surface area contributed by atoms with Gasteiger partial charge in [0.2, 0.25) is 10.0 Å². The summed E-state index contributed by atoms with van der Waals surface area (Å²) in [6.45, 7) is 1.01. The molecule has 1 aliphatic rings. The molecule has 0 fully saturated rings. The van der Waals surface area contributed by atoms with Crippen molar-refractivity contribution in [3.05, 3.63) is 70.9 Å². The molecule has 178 valence electrons. The van der Waals surface area contributed by atoms with Gasteiger partial charge in [-0.1, -0.05) is 18.2 Å². The Balaban J connectivity index is 1.54. The number of alkyl halides is 3. The van der Waals surface area contributed by atoms with Gasteiger partial charge in [0.1, 0.15) is 0 Å². The highest BCUT2D eigenvalue weighted by Crippen LogP contribution is 2.37. The van der Waals surface area contributed by atoms with E-state index in [1.807, 2.05) is 0 Å². The summed E-state index contributed by atoms with van der Waals surface area (Å²) in [4.78, 5) is 28.9. The molecule has 3 aromatic rings. The van der Waals surface area contributed by atoms with E-state index in [0.717, 1.165) is 6.20 Å². The summed E-state index contributed by atoms with van der Waals surface area (Å²) in [5.74, 6) is -2.01. The van der Waals surface area contributed by atoms with Gasteiger partial charge in [0.05, 0.1) is 28.1 Å². The lowest BCUT2D eigenvalue weighted by Crippen LogP contribution is -2.30. The van der Waals surface area contributed by atoms with Crippen LogP contribution in [0.15, 0.2) is 48.7 Å². The number of esters is 1. The van der Waals surface area contributed by atoms with E-state index in [1.165, 1.54) is 53.7 Å². The van der Waals surface area contributed by atoms with E-state index in [9.17, 15) is 31.2 Å². The third-order valence-corrected chi connectivity index (χ3v) is 7.35. The topological polar surface area (TPSA) is 93.6 Å². The van der Waals surface area contributed by atoms with Gasteiger partial charge in [-0.3, -0.25) is 14.1 Å². The third-order valence-electron chi connectivity index (χ3n) is 5.57. The molecule has 2 aromatic carbocycles. The number of ether oxygens (including phenoxy) is 1. The first-order chi connectivity index (χ1) is 16.0. The Morgan fingerprint density at radius 1 is 1.15 bits per heavy atom. The number of pyridine rings is 1. The monoisotopic (exact) mass is 492 g/mol. The van der Waals surface area contributed by atoms with Crippen LogP contribution in [-0.4, -0.2) is 44.1 Å². The predicted octanol–water partition coefficient (Wildman–Crippen LogP) is 4.01. The number of fused-ring (bicyclic) bond motifs is 2. The number of anilines is 1. The lowest BCUT2D eigenvalue weighted by molar-refractivity contribution is -0.136. The molecule has 0 aliphatic carbocycles. The Bertz CT molecular complexity index is 1400. The van der Waals surface area contributed by atoms with Crippen LogP contribution >= 0.6 is 0 Å². The fraction of sp³-hybridized carbons (Fsp3) is 0.261. The van der Waals surface area contributed by atoms with Crippen molar-refractivity contribution in [3.63, 3.8) is 0 Å². The number of Topliss-reactive ketones (excluding diaryl/α,β-unsaturated/α-hetero) is 1. The molecule has 11 heteroatoms. The number of aromatic nitrogens is 1. The number of hydrogen-bond acceptors (Lipinski definition) is 6. The maximum absolute atomic E-state index is 13.7. The molecule has 0 amide bonds. The molecule has 0 N–H and O–H groups in total. The second kappa shape index (κ2) is 8.71. The highest BCUT2D eigenvalue weighted by molar-refractivity contribution is 7.92. The van der Waals surface area contributed by atoms with E-state index in [2.05, 4.69) is 4.98 Å². The van der Waals surface area contributed by atoms with Gasteiger partial charge in [0.15, 0.2) is 12.4 Å². The highest BCUT2D eigenvalue weighted by Gasteiger charge is 2.38. The van der Waals surface area contributed by atoms with Gasteiger partial charge in [-0.2, -0.15) is 13.2 Å². The van der Waals surface area contributed by atoms with Gasteiger partial charge in [-0.15, -0.1) is 0 Å². The molecule has 0 atom stereocenters. The van der Waals surface area contributed by atoms with Gasteiger partial charge in [0, 0.05) is 23.7 Å². The van der Waals surface area contributed by atoms with E-state index < -0.39 is 45.7 Å². The predicted molar refractivity (Wildman–Crippen MR) is 118 cm³/mol. The lowest BCUT2D eigenvalue weighted by Gasteiger charge is -2.18. The van der Waals surface area contributed by atoms with Crippen molar-refractivity contribution >= 4 is 38.4 Å². The molecule has 0 saturated carbocycles. The minimum atomic E-state index is -4.84. The van der Waals surface area contributed by atoms with Crippen LogP contribution in [0, 0.1) is 0 Å². The molecular formula is C23H19F3N2O5S. The number of halogens is 3. The number of carbonyl (C=O) groups excluding carboxylic acids is 2. The number of hydrogen-bond donors (Lipinski definition) is 0. The summed E-state index contributed by atoms with van der Waals surface area (Å²) in [5, 5.41) is -0.249. The van der Waals surface area contributed by atoms with E-state index in [0.29, 0.717) is 17.7 Å². The van der Waals surface area contributed by atoms with Crippen molar-refractivity contribution < 1.29 is 35.9 Å². The summed E-state index contributed by atoms with van der Waals surface area (Å²) >= 11 is 0. The fourth-order valence-corrected chi connectivity index (χ4v) is 5.04. The number of para-hydroxylation sites is 1. The minimum Gasteiger partial charge on any atom is -0.454 e. The van der Waals surface area contributed by atoms with Crippen molar-refractivity contribution in [1.29, 1.82) is 0 Å².